The Labute approximate surface area is 99.2 Å². The van der Waals surface area contributed by atoms with Gasteiger partial charge in [0.15, 0.2) is 0 Å². The summed E-state index contributed by atoms with van der Waals surface area (Å²) in [5.41, 5.74) is 0.763. The number of ether oxygens (including phenoxy) is 1. The fourth-order valence-electron chi connectivity index (χ4n) is 0.750. The number of nitrogens with two attached hydrogens (primary N) is 1. The summed E-state index contributed by atoms with van der Waals surface area (Å²) in [5, 5.41) is 3.48. The molecule has 0 aromatic rings. The topological polar surface area (TPSA) is 64.7 Å². The van der Waals surface area contributed by atoms with E-state index in [9.17, 15) is 4.79 Å². The van der Waals surface area contributed by atoms with Gasteiger partial charge in [0.05, 0.1) is 6.42 Å². The molecule has 0 spiro atoms. The minimum absolute atomic E-state index is 0.0300. The van der Waals surface area contributed by atoms with Crippen molar-refractivity contribution in [3.8, 4) is 0 Å². The van der Waals surface area contributed by atoms with Gasteiger partial charge in [-0.1, -0.05) is 27.7 Å². The van der Waals surface area contributed by atoms with Gasteiger partial charge in [0.25, 0.3) is 0 Å². The second-order valence-electron chi connectivity index (χ2n) is 3.80. The van der Waals surface area contributed by atoms with Crippen LogP contribution >= 0.6 is 0 Å². The van der Waals surface area contributed by atoms with Crippen LogP contribution in [0.4, 0.5) is 0 Å². The lowest BCUT2D eigenvalue weighted by atomic mass is 10.1. The average Bonchev–Trinajstić information content (AvgIpc) is 2.28. The van der Waals surface area contributed by atoms with Gasteiger partial charge in [-0.15, -0.1) is 0 Å². The standard InChI is InChI=1S/C10H20N2O2.C2H6/c1-7(2)9(4)14-10(13)6-5-8(3)12-11;1-2/h7,9H,5-6,11H2,1-4H3;1-2H3/b12-8+;. The Kier molecular flexibility index (Phi) is 11.3. The largest absolute Gasteiger partial charge is 0.462 e. The van der Waals surface area contributed by atoms with Crippen molar-refractivity contribution < 1.29 is 9.53 Å². The van der Waals surface area contributed by atoms with Gasteiger partial charge >= 0.3 is 5.97 Å². The first-order valence-corrected chi connectivity index (χ1v) is 5.90. The summed E-state index contributed by atoms with van der Waals surface area (Å²) >= 11 is 0. The van der Waals surface area contributed by atoms with E-state index in [1.165, 1.54) is 0 Å². The Morgan fingerprint density at radius 3 is 2.12 bits per heavy atom. The normalized spacial score (nSPS) is 12.8. The highest BCUT2D eigenvalue weighted by Crippen LogP contribution is 2.07. The Balaban J connectivity index is 0. The number of carbonyl (C=O) groups excluding carboxylic acids is 1. The van der Waals surface area contributed by atoms with Crippen LogP contribution in [0.1, 0.15) is 54.4 Å². The van der Waals surface area contributed by atoms with Gasteiger partial charge in [-0.05, 0) is 26.2 Å². The van der Waals surface area contributed by atoms with E-state index in [-0.39, 0.29) is 12.1 Å². The number of hydrogen-bond acceptors (Lipinski definition) is 4. The summed E-state index contributed by atoms with van der Waals surface area (Å²) in [5.74, 6) is 5.21. The molecule has 0 bridgehead atoms. The lowest BCUT2D eigenvalue weighted by Gasteiger charge is -2.16. The van der Waals surface area contributed by atoms with Gasteiger partial charge in [-0.25, -0.2) is 0 Å². The molecule has 96 valence electrons. The third kappa shape index (κ3) is 9.49. The van der Waals surface area contributed by atoms with Crippen LogP contribution in [0.5, 0.6) is 0 Å². The summed E-state index contributed by atoms with van der Waals surface area (Å²) in [6, 6.07) is 0. The Hall–Kier alpha value is -1.06. The molecule has 0 aliphatic carbocycles. The molecule has 0 amide bonds. The van der Waals surface area contributed by atoms with Gasteiger partial charge in [0, 0.05) is 5.71 Å². The first kappa shape index (κ1) is 17.3. The zero-order chi connectivity index (χ0) is 13.1. The molecule has 0 saturated heterocycles. The lowest BCUT2D eigenvalue weighted by Crippen LogP contribution is -2.20. The zero-order valence-corrected chi connectivity index (χ0v) is 11.4. The molecule has 0 radical (unpaired) electrons. The Morgan fingerprint density at radius 1 is 1.25 bits per heavy atom. The van der Waals surface area contributed by atoms with Crippen LogP contribution in [0.25, 0.3) is 0 Å². The minimum atomic E-state index is -0.186. The highest BCUT2D eigenvalue weighted by atomic mass is 16.5. The summed E-state index contributed by atoms with van der Waals surface area (Å²) in [6.45, 7) is 11.7. The molecule has 0 fully saturated rings. The molecule has 0 aliphatic heterocycles. The van der Waals surface area contributed by atoms with Gasteiger partial charge in [-0.3, -0.25) is 4.79 Å². The molecular weight excluding hydrogens is 204 g/mol. The van der Waals surface area contributed by atoms with E-state index in [0.29, 0.717) is 18.8 Å². The number of hydrazone groups is 1. The number of rotatable bonds is 5. The third-order valence-electron chi connectivity index (χ3n) is 2.17. The smallest absolute Gasteiger partial charge is 0.306 e. The van der Waals surface area contributed by atoms with E-state index in [1.807, 2.05) is 34.6 Å². The van der Waals surface area contributed by atoms with Crippen molar-refractivity contribution in [3.63, 3.8) is 0 Å². The van der Waals surface area contributed by atoms with Crippen LogP contribution in [0.2, 0.25) is 0 Å². The monoisotopic (exact) mass is 230 g/mol. The Morgan fingerprint density at radius 2 is 1.75 bits per heavy atom. The van der Waals surface area contributed by atoms with Crippen molar-refractivity contribution in [2.24, 2.45) is 16.9 Å². The van der Waals surface area contributed by atoms with Crippen molar-refractivity contribution in [3.05, 3.63) is 0 Å². The van der Waals surface area contributed by atoms with Crippen molar-refractivity contribution >= 4 is 11.7 Å². The SMILES string of the molecule is C/C(CCC(=O)OC(C)C(C)C)=N\N.CC. The second-order valence-corrected chi connectivity index (χ2v) is 3.80. The van der Waals surface area contributed by atoms with Gasteiger partial charge in [0.2, 0.25) is 0 Å². The molecule has 0 rings (SSSR count). The van der Waals surface area contributed by atoms with E-state index in [0.717, 1.165) is 5.71 Å². The number of nitrogens with zero attached hydrogens (tertiary/aromatic N) is 1. The molecule has 0 aromatic carbocycles. The average molecular weight is 230 g/mol. The summed E-state index contributed by atoms with van der Waals surface area (Å²) in [4.78, 5) is 11.3. The van der Waals surface area contributed by atoms with Crippen LogP contribution in [0, 0.1) is 5.92 Å². The predicted molar refractivity (Wildman–Crippen MR) is 68.3 cm³/mol. The molecule has 0 saturated carbocycles. The van der Waals surface area contributed by atoms with E-state index < -0.39 is 0 Å². The van der Waals surface area contributed by atoms with E-state index in [1.54, 1.807) is 6.92 Å². The second kappa shape index (κ2) is 10.5. The molecule has 1 atom stereocenters. The third-order valence-corrected chi connectivity index (χ3v) is 2.17. The highest BCUT2D eigenvalue weighted by Gasteiger charge is 2.12. The van der Waals surface area contributed by atoms with Crippen molar-refractivity contribution in [1.29, 1.82) is 0 Å². The molecule has 4 heteroatoms. The maximum atomic E-state index is 11.3. The number of esters is 1. The fraction of sp³-hybridized carbons (Fsp3) is 0.833. The predicted octanol–water partition coefficient (Wildman–Crippen LogP) is 2.72. The van der Waals surface area contributed by atoms with Crippen molar-refractivity contribution in [1.82, 2.24) is 0 Å². The van der Waals surface area contributed by atoms with Crippen LogP contribution < -0.4 is 5.84 Å². The zero-order valence-electron chi connectivity index (χ0n) is 11.4. The van der Waals surface area contributed by atoms with Crippen LogP contribution in [-0.4, -0.2) is 17.8 Å². The van der Waals surface area contributed by atoms with Gasteiger partial charge < -0.3 is 10.6 Å². The van der Waals surface area contributed by atoms with Crippen molar-refractivity contribution in [2.45, 2.75) is 60.5 Å². The fourth-order valence-corrected chi connectivity index (χ4v) is 0.750. The quantitative estimate of drug-likeness (QED) is 0.342. The van der Waals surface area contributed by atoms with E-state index in [4.69, 9.17) is 10.6 Å². The summed E-state index contributed by atoms with van der Waals surface area (Å²) in [6.07, 6.45) is 0.890. The maximum Gasteiger partial charge on any atom is 0.306 e. The van der Waals surface area contributed by atoms with Crippen molar-refractivity contribution in [2.75, 3.05) is 0 Å². The molecule has 0 aliphatic rings. The molecule has 0 aromatic heterocycles. The molecule has 16 heavy (non-hydrogen) atoms. The maximum absolute atomic E-state index is 11.3. The number of carbonyl (C=O) groups is 1. The molecule has 0 heterocycles. The molecular formula is C12H26N2O2. The van der Waals surface area contributed by atoms with Crippen LogP contribution in [-0.2, 0) is 9.53 Å². The minimum Gasteiger partial charge on any atom is -0.462 e. The molecule has 1 unspecified atom stereocenters. The molecule has 4 nitrogen and oxygen atoms in total. The molecule has 2 N–H and O–H groups in total. The van der Waals surface area contributed by atoms with Gasteiger partial charge in [-0.2, -0.15) is 5.10 Å². The van der Waals surface area contributed by atoms with Gasteiger partial charge in [0.1, 0.15) is 6.10 Å². The Bertz CT molecular complexity index is 213. The van der Waals surface area contributed by atoms with E-state index >= 15 is 0 Å². The highest BCUT2D eigenvalue weighted by molar-refractivity contribution is 5.85. The first-order chi connectivity index (χ1) is 7.47. The van der Waals surface area contributed by atoms with Crippen LogP contribution in [0.3, 0.4) is 0 Å². The summed E-state index contributed by atoms with van der Waals surface area (Å²) < 4.78 is 5.17. The number of hydrogen-bond donors (Lipinski definition) is 1. The lowest BCUT2D eigenvalue weighted by molar-refractivity contribution is -0.150. The first-order valence-electron chi connectivity index (χ1n) is 5.90. The van der Waals surface area contributed by atoms with E-state index in [2.05, 4.69) is 5.10 Å². The van der Waals surface area contributed by atoms with Crippen LogP contribution in [0.15, 0.2) is 5.10 Å². The summed E-state index contributed by atoms with van der Waals surface area (Å²) in [7, 11) is 0.